The molecule has 1 fully saturated rings. The van der Waals surface area contributed by atoms with Crippen molar-refractivity contribution in [2.45, 2.75) is 51.9 Å². The van der Waals surface area contributed by atoms with Gasteiger partial charge in [0.1, 0.15) is 0 Å². The monoisotopic (exact) mass is 275 g/mol. The third-order valence-corrected chi connectivity index (χ3v) is 4.40. The van der Waals surface area contributed by atoms with Gasteiger partial charge < -0.3 is 10.1 Å². The molecule has 2 nitrogen and oxygen atoms in total. The predicted molar refractivity (Wildman–Crippen MR) is 79.4 cm³/mol. The van der Waals surface area contributed by atoms with Crippen molar-refractivity contribution in [3.8, 4) is 0 Å². The van der Waals surface area contributed by atoms with Gasteiger partial charge in [-0.2, -0.15) is 0 Å². The summed E-state index contributed by atoms with van der Waals surface area (Å²) in [5, 5.41) is 3.53. The summed E-state index contributed by atoms with van der Waals surface area (Å²) >= 11 is 5.78. The van der Waals surface area contributed by atoms with E-state index >= 15 is 0 Å². The molecule has 18 heavy (non-hydrogen) atoms. The zero-order chi connectivity index (χ0) is 13.1. The predicted octanol–water partition coefficient (Wildman–Crippen LogP) is 3.83. The fraction of sp³-hybridized carbons (Fsp3) is 1.00. The van der Waals surface area contributed by atoms with Gasteiger partial charge in [0.25, 0.3) is 0 Å². The van der Waals surface area contributed by atoms with Crippen molar-refractivity contribution in [1.82, 2.24) is 5.32 Å². The van der Waals surface area contributed by atoms with Gasteiger partial charge in [0, 0.05) is 19.1 Å². The van der Waals surface area contributed by atoms with E-state index in [1.165, 1.54) is 51.5 Å². The average Bonchev–Trinajstić information content (AvgIpc) is 2.42. The molecule has 0 aromatic heterocycles. The Morgan fingerprint density at radius 3 is 2.61 bits per heavy atom. The minimum atomic E-state index is 0.669. The van der Waals surface area contributed by atoms with Gasteiger partial charge in [-0.05, 0) is 57.0 Å². The smallest absolute Gasteiger partial charge is 0.0468 e. The van der Waals surface area contributed by atoms with Gasteiger partial charge in [0.15, 0.2) is 0 Å². The lowest BCUT2D eigenvalue weighted by atomic mass is 9.94. The normalized spacial score (nSPS) is 19.0. The molecule has 0 aromatic rings. The maximum atomic E-state index is 5.78. The highest BCUT2D eigenvalue weighted by Gasteiger charge is 2.12. The molecule has 1 aliphatic rings. The van der Waals surface area contributed by atoms with E-state index in [0.717, 1.165) is 31.6 Å². The molecule has 108 valence electrons. The Balaban J connectivity index is 1.78. The van der Waals surface area contributed by atoms with Crippen LogP contribution in [0.15, 0.2) is 0 Å². The first-order valence-electron chi connectivity index (χ1n) is 7.67. The molecule has 1 saturated heterocycles. The second-order valence-corrected chi connectivity index (χ2v) is 6.01. The summed E-state index contributed by atoms with van der Waals surface area (Å²) in [6.07, 6.45) is 9.16. The van der Waals surface area contributed by atoms with Gasteiger partial charge in [0.05, 0.1) is 0 Å². The summed E-state index contributed by atoms with van der Waals surface area (Å²) in [6, 6.07) is 0. The summed E-state index contributed by atoms with van der Waals surface area (Å²) in [5.74, 6) is 2.40. The van der Waals surface area contributed by atoms with E-state index in [1.807, 2.05) is 0 Å². The van der Waals surface area contributed by atoms with E-state index in [0.29, 0.717) is 5.92 Å². The van der Waals surface area contributed by atoms with Crippen LogP contribution >= 0.6 is 11.6 Å². The van der Waals surface area contributed by atoms with Crippen LogP contribution in [0.2, 0.25) is 0 Å². The lowest BCUT2D eigenvalue weighted by molar-refractivity contribution is 0.0632. The Labute approximate surface area is 118 Å². The number of alkyl halides is 1. The molecule has 1 atom stereocenters. The number of ether oxygens (including phenoxy) is 1. The summed E-state index contributed by atoms with van der Waals surface area (Å²) in [6.45, 7) is 6.53. The molecule has 1 unspecified atom stereocenters. The van der Waals surface area contributed by atoms with Gasteiger partial charge in [0.2, 0.25) is 0 Å². The summed E-state index contributed by atoms with van der Waals surface area (Å²) in [5.41, 5.74) is 0. The summed E-state index contributed by atoms with van der Waals surface area (Å²) in [7, 11) is 0. The first-order valence-corrected chi connectivity index (χ1v) is 8.20. The number of hydrogen-bond donors (Lipinski definition) is 1. The van der Waals surface area contributed by atoms with Gasteiger partial charge in [-0.1, -0.05) is 19.8 Å². The molecule has 1 rings (SSSR count). The largest absolute Gasteiger partial charge is 0.381 e. The number of halogens is 1. The summed E-state index contributed by atoms with van der Waals surface area (Å²) in [4.78, 5) is 0. The molecule has 0 bridgehead atoms. The van der Waals surface area contributed by atoms with Crippen LogP contribution < -0.4 is 5.32 Å². The molecular formula is C15H30ClNO. The molecule has 1 N–H and O–H groups in total. The SMILES string of the molecule is CC(CCl)CCCNCCCCC1CCOCC1. The van der Waals surface area contributed by atoms with Gasteiger partial charge in [-0.25, -0.2) is 0 Å². The number of unbranched alkanes of at least 4 members (excludes halogenated alkanes) is 1. The Hall–Kier alpha value is 0.210. The molecule has 0 saturated carbocycles. The third-order valence-electron chi connectivity index (χ3n) is 3.87. The van der Waals surface area contributed by atoms with Crippen LogP contribution in [0.25, 0.3) is 0 Å². The fourth-order valence-corrected chi connectivity index (χ4v) is 2.65. The van der Waals surface area contributed by atoms with Crippen LogP contribution in [-0.2, 0) is 4.74 Å². The minimum absolute atomic E-state index is 0.669. The minimum Gasteiger partial charge on any atom is -0.381 e. The first kappa shape index (κ1) is 16.3. The van der Waals surface area contributed by atoms with E-state index in [9.17, 15) is 0 Å². The lowest BCUT2D eigenvalue weighted by Crippen LogP contribution is -2.19. The highest BCUT2D eigenvalue weighted by atomic mass is 35.5. The molecule has 0 aromatic carbocycles. The zero-order valence-electron chi connectivity index (χ0n) is 11.9. The third kappa shape index (κ3) is 8.34. The van der Waals surface area contributed by atoms with Crippen LogP contribution in [0.3, 0.4) is 0 Å². The molecular weight excluding hydrogens is 246 g/mol. The summed E-state index contributed by atoms with van der Waals surface area (Å²) < 4.78 is 5.38. The maximum absolute atomic E-state index is 5.78. The Bertz CT molecular complexity index is 183. The van der Waals surface area contributed by atoms with Crippen LogP contribution in [0.4, 0.5) is 0 Å². The zero-order valence-corrected chi connectivity index (χ0v) is 12.7. The number of hydrogen-bond acceptors (Lipinski definition) is 2. The van der Waals surface area contributed by atoms with Gasteiger partial charge >= 0.3 is 0 Å². The van der Waals surface area contributed by atoms with Crippen LogP contribution in [0.1, 0.15) is 51.9 Å². The fourth-order valence-electron chi connectivity index (χ4n) is 2.50. The standard InChI is InChI=1S/C15H30ClNO/c1-14(13-16)5-4-10-17-9-3-2-6-15-7-11-18-12-8-15/h14-15,17H,2-13H2,1H3. The van der Waals surface area contributed by atoms with E-state index in [4.69, 9.17) is 16.3 Å². The Kier molecular flexibility index (Phi) is 10.0. The van der Waals surface area contributed by atoms with E-state index < -0.39 is 0 Å². The van der Waals surface area contributed by atoms with Crippen molar-refractivity contribution < 1.29 is 4.74 Å². The van der Waals surface area contributed by atoms with E-state index in [2.05, 4.69) is 12.2 Å². The van der Waals surface area contributed by atoms with Crippen molar-refractivity contribution in [3.63, 3.8) is 0 Å². The molecule has 0 spiro atoms. The maximum Gasteiger partial charge on any atom is 0.0468 e. The molecule has 0 amide bonds. The first-order chi connectivity index (χ1) is 8.83. The van der Waals surface area contributed by atoms with Crippen LogP contribution in [0.5, 0.6) is 0 Å². The van der Waals surface area contributed by atoms with Gasteiger partial charge in [-0.15, -0.1) is 11.6 Å². The highest BCUT2D eigenvalue weighted by Crippen LogP contribution is 2.20. The van der Waals surface area contributed by atoms with Crippen molar-refractivity contribution in [1.29, 1.82) is 0 Å². The average molecular weight is 276 g/mol. The number of rotatable bonds is 10. The molecule has 1 aliphatic heterocycles. The topological polar surface area (TPSA) is 21.3 Å². The van der Waals surface area contributed by atoms with Crippen molar-refractivity contribution in [3.05, 3.63) is 0 Å². The molecule has 3 heteroatoms. The van der Waals surface area contributed by atoms with Crippen molar-refractivity contribution in [2.24, 2.45) is 11.8 Å². The quantitative estimate of drug-likeness (QED) is 0.483. The number of nitrogens with one attached hydrogen (secondary N) is 1. The van der Waals surface area contributed by atoms with E-state index in [1.54, 1.807) is 0 Å². The van der Waals surface area contributed by atoms with Crippen LogP contribution in [-0.4, -0.2) is 32.2 Å². The van der Waals surface area contributed by atoms with Gasteiger partial charge in [-0.3, -0.25) is 0 Å². The lowest BCUT2D eigenvalue weighted by Gasteiger charge is -2.21. The molecule has 1 heterocycles. The second-order valence-electron chi connectivity index (χ2n) is 5.70. The molecule has 0 radical (unpaired) electrons. The van der Waals surface area contributed by atoms with E-state index in [-0.39, 0.29) is 0 Å². The van der Waals surface area contributed by atoms with Crippen molar-refractivity contribution in [2.75, 3.05) is 32.2 Å². The van der Waals surface area contributed by atoms with Crippen LogP contribution in [0, 0.1) is 11.8 Å². The molecule has 0 aliphatic carbocycles. The Morgan fingerprint density at radius 2 is 1.89 bits per heavy atom. The van der Waals surface area contributed by atoms with Crippen molar-refractivity contribution >= 4 is 11.6 Å². The Morgan fingerprint density at radius 1 is 1.17 bits per heavy atom. The second kappa shape index (κ2) is 11.1. The highest BCUT2D eigenvalue weighted by molar-refractivity contribution is 6.18.